The van der Waals surface area contributed by atoms with Crippen molar-refractivity contribution >= 4 is 15.9 Å². The summed E-state index contributed by atoms with van der Waals surface area (Å²) in [6.45, 7) is 1.97. The third kappa shape index (κ3) is 1.51. The van der Waals surface area contributed by atoms with E-state index in [1.165, 1.54) is 0 Å². The third-order valence-corrected chi connectivity index (χ3v) is 2.14. The van der Waals surface area contributed by atoms with E-state index in [4.69, 9.17) is 0 Å². The molecular weight excluding hydrogens is 232 g/mol. The molecule has 0 unspecified atom stereocenters. The molecule has 0 fully saturated rings. The van der Waals surface area contributed by atoms with Crippen molar-refractivity contribution in [3.8, 4) is 11.6 Å². The number of imidazole rings is 2. The molecule has 0 aliphatic heterocycles. The maximum atomic E-state index is 4.28. The zero-order valence-corrected chi connectivity index (χ0v) is 8.96. The molecule has 68 valence electrons. The van der Waals surface area contributed by atoms with E-state index in [1.54, 1.807) is 6.20 Å². The van der Waals surface area contributed by atoms with Gasteiger partial charge in [-0.25, -0.2) is 9.97 Å². The van der Waals surface area contributed by atoms with Crippen molar-refractivity contribution < 1.29 is 0 Å². The van der Waals surface area contributed by atoms with Crippen molar-refractivity contribution in [2.75, 3.05) is 0 Å². The third-order valence-electron chi connectivity index (χ3n) is 1.76. The molecule has 1 N–H and O–H groups in total. The predicted octanol–water partition coefficient (Wildman–Crippen LogP) is 1.88. The van der Waals surface area contributed by atoms with Gasteiger partial charge in [-0.05, 0) is 22.9 Å². The molecule has 2 aromatic rings. The first kappa shape index (κ1) is 8.50. The molecule has 2 aromatic heterocycles. The first-order chi connectivity index (χ1) is 6.16. The normalized spacial score (nSPS) is 10.7. The molecule has 5 heteroatoms. The molecule has 0 saturated carbocycles. The summed E-state index contributed by atoms with van der Waals surface area (Å²) in [6.07, 6.45) is 3.69. The number of nitrogens with zero attached hydrogens (tertiary/aromatic N) is 3. The number of aromatic amines is 1. The fourth-order valence-corrected chi connectivity index (χ4v) is 1.65. The highest BCUT2D eigenvalue weighted by Crippen LogP contribution is 2.17. The fourth-order valence-electron chi connectivity index (χ4n) is 1.18. The number of aryl methyl sites for hydroxylation is 2. The van der Waals surface area contributed by atoms with Gasteiger partial charge in [0.2, 0.25) is 0 Å². The number of rotatable bonds is 1. The van der Waals surface area contributed by atoms with Crippen LogP contribution in [0.1, 0.15) is 5.69 Å². The Balaban J connectivity index is 2.51. The number of hydrogen-bond acceptors (Lipinski definition) is 2. The van der Waals surface area contributed by atoms with Gasteiger partial charge < -0.3 is 9.55 Å². The van der Waals surface area contributed by atoms with Crippen molar-refractivity contribution in [3.05, 3.63) is 22.7 Å². The number of aromatic nitrogens is 4. The van der Waals surface area contributed by atoms with Gasteiger partial charge in [-0.1, -0.05) is 0 Å². The lowest BCUT2D eigenvalue weighted by Gasteiger charge is -1.95. The summed E-state index contributed by atoms with van der Waals surface area (Å²) in [5, 5.41) is 0. The van der Waals surface area contributed by atoms with E-state index < -0.39 is 0 Å². The largest absolute Gasteiger partial charge is 0.340 e. The lowest BCUT2D eigenvalue weighted by atomic mass is 10.5. The van der Waals surface area contributed by atoms with Crippen LogP contribution in [0.4, 0.5) is 0 Å². The summed E-state index contributed by atoms with van der Waals surface area (Å²) in [5.41, 5.74) is 1.04. The van der Waals surface area contributed by atoms with Gasteiger partial charge in [0.15, 0.2) is 11.6 Å². The molecule has 0 radical (unpaired) electrons. The Bertz CT molecular complexity index is 429. The topological polar surface area (TPSA) is 46.5 Å². The lowest BCUT2D eigenvalue weighted by molar-refractivity contribution is 0.911. The van der Waals surface area contributed by atoms with Crippen LogP contribution in [0.5, 0.6) is 0 Å². The number of hydrogen-bond donors (Lipinski definition) is 1. The molecular formula is C8H9BrN4. The summed E-state index contributed by atoms with van der Waals surface area (Å²) >= 11 is 3.31. The van der Waals surface area contributed by atoms with Crippen molar-refractivity contribution in [2.45, 2.75) is 6.92 Å². The minimum Gasteiger partial charge on any atom is -0.340 e. The molecule has 4 nitrogen and oxygen atoms in total. The van der Waals surface area contributed by atoms with Gasteiger partial charge in [-0.2, -0.15) is 0 Å². The quantitative estimate of drug-likeness (QED) is 0.828. The second-order valence-electron chi connectivity index (χ2n) is 2.91. The molecule has 0 bridgehead atoms. The van der Waals surface area contributed by atoms with Crippen molar-refractivity contribution in [1.82, 2.24) is 19.5 Å². The van der Waals surface area contributed by atoms with Crippen LogP contribution >= 0.6 is 15.9 Å². The van der Waals surface area contributed by atoms with Crippen molar-refractivity contribution in [1.29, 1.82) is 0 Å². The highest BCUT2D eigenvalue weighted by Gasteiger charge is 2.08. The summed E-state index contributed by atoms with van der Waals surface area (Å²) < 4.78 is 2.74. The summed E-state index contributed by atoms with van der Waals surface area (Å²) in [5.74, 6) is 1.63. The van der Waals surface area contributed by atoms with Gasteiger partial charge in [0.1, 0.15) is 4.60 Å². The standard InChI is InChI=1S/C8H9BrN4/c1-5-3-10-7(11-5)8-12-6(9)4-13(8)2/h3-4H,1-2H3,(H,10,11). The minimum absolute atomic E-state index is 0.797. The van der Waals surface area contributed by atoms with Gasteiger partial charge in [-0.3, -0.25) is 0 Å². The van der Waals surface area contributed by atoms with Crippen LogP contribution in [0.2, 0.25) is 0 Å². The minimum atomic E-state index is 0.797. The number of H-pyrrole nitrogens is 1. The van der Waals surface area contributed by atoms with Gasteiger partial charge in [-0.15, -0.1) is 0 Å². The first-order valence-corrected chi connectivity index (χ1v) is 4.67. The molecule has 13 heavy (non-hydrogen) atoms. The molecule has 0 amide bonds. The monoisotopic (exact) mass is 240 g/mol. The van der Waals surface area contributed by atoms with E-state index in [0.29, 0.717) is 0 Å². The SMILES string of the molecule is Cc1cnc(-c2nc(Br)cn2C)[nH]1. The molecule has 0 aromatic carbocycles. The Morgan fingerprint density at radius 1 is 1.54 bits per heavy atom. The maximum Gasteiger partial charge on any atom is 0.177 e. The van der Waals surface area contributed by atoms with E-state index in [-0.39, 0.29) is 0 Å². The lowest BCUT2D eigenvalue weighted by Crippen LogP contribution is -1.92. The Hall–Kier alpha value is -1.10. The molecule has 2 rings (SSSR count). The first-order valence-electron chi connectivity index (χ1n) is 3.87. The van der Waals surface area contributed by atoms with E-state index in [0.717, 1.165) is 21.9 Å². The smallest absolute Gasteiger partial charge is 0.177 e. The van der Waals surface area contributed by atoms with Crippen molar-refractivity contribution in [3.63, 3.8) is 0 Å². The second kappa shape index (κ2) is 2.99. The van der Waals surface area contributed by atoms with Crippen LogP contribution in [-0.2, 0) is 7.05 Å². The second-order valence-corrected chi connectivity index (χ2v) is 3.73. The van der Waals surface area contributed by atoms with Crippen LogP contribution in [0.15, 0.2) is 17.0 Å². The average molecular weight is 241 g/mol. The predicted molar refractivity (Wildman–Crippen MR) is 53.2 cm³/mol. The van der Waals surface area contributed by atoms with Gasteiger partial charge in [0.05, 0.1) is 0 Å². The zero-order valence-electron chi connectivity index (χ0n) is 7.37. The van der Waals surface area contributed by atoms with Crippen LogP contribution in [-0.4, -0.2) is 19.5 Å². The van der Waals surface area contributed by atoms with Crippen LogP contribution in [0.3, 0.4) is 0 Å². The zero-order chi connectivity index (χ0) is 9.42. The summed E-state index contributed by atoms with van der Waals surface area (Å²) in [7, 11) is 1.94. The molecule has 0 aliphatic rings. The highest BCUT2D eigenvalue weighted by atomic mass is 79.9. The summed E-state index contributed by atoms with van der Waals surface area (Å²) in [6, 6.07) is 0. The Labute approximate surface area is 84.2 Å². The van der Waals surface area contributed by atoms with E-state index in [2.05, 4.69) is 30.9 Å². The van der Waals surface area contributed by atoms with E-state index in [1.807, 2.05) is 24.7 Å². The molecule has 0 spiro atoms. The Kier molecular flexibility index (Phi) is 1.95. The maximum absolute atomic E-state index is 4.28. The van der Waals surface area contributed by atoms with Crippen molar-refractivity contribution in [2.24, 2.45) is 7.05 Å². The van der Waals surface area contributed by atoms with E-state index in [9.17, 15) is 0 Å². The average Bonchev–Trinajstić information content (AvgIpc) is 2.58. The van der Waals surface area contributed by atoms with Crippen LogP contribution < -0.4 is 0 Å². The van der Waals surface area contributed by atoms with Gasteiger partial charge >= 0.3 is 0 Å². The van der Waals surface area contributed by atoms with Crippen LogP contribution in [0.25, 0.3) is 11.6 Å². The Morgan fingerprint density at radius 3 is 2.77 bits per heavy atom. The highest BCUT2D eigenvalue weighted by molar-refractivity contribution is 9.10. The number of halogens is 1. The molecule has 0 saturated heterocycles. The van der Waals surface area contributed by atoms with Crippen LogP contribution in [0, 0.1) is 6.92 Å². The number of nitrogens with one attached hydrogen (secondary N) is 1. The fraction of sp³-hybridized carbons (Fsp3) is 0.250. The molecule has 2 heterocycles. The molecule has 0 aliphatic carbocycles. The van der Waals surface area contributed by atoms with E-state index >= 15 is 0 Å². The van der Waals surface area contributed by atoms with Gasteiger partial charge in [0, 0.05) is 25.1 Å². The summed E-state index contributed by atoms with van der Waals surface area (Å²) in [4.78, 5) is 11.6. The van der Waals surface area contributed by atoms with Gasteiger partial charge in [0.25, 0.3) is 0 Å². The Morgan fingerprint density at radius 2 is 2.31 bits per heavy atom. The molecule has 0 atom stereocenters.